The SMILES string of the molecule is O=[C]=[Rh]([PH](c1ccccc1)(c1ccccc1)c1ccccc1)([PH](c1ccccc1)(c1ccccc1)c1ccccc1)[PH](c1ccccc1)(c1ccccc1)c1ccccc1. The molecule has 0 unspecified atom stereocenters. The molecule has 60 heavy (non-hydrogen) atoms. The number of hydrogen-bond donors (Lipinski definition) is 0. The first-order valence-electron chi connectivity index (χ1n) is 20.3. The van der Waals surface area contributed by atoms with Gasteiger partial charge in [0.2, 0.25) is 0 Å². The molecule has 0 amide bonds. The fourth-order valence-electron chi connectivity index (χ4n) is 9.46. The number of carbonyl (C=O) groups excluding carboxylic acids is 1. The molecular weight excluding hydrogens is 872 g/mol. The van der Waals surface area contributed by atoms with Crippen molar-refractivity contribution in [2.75, 3.05) is 0 Å². The third-order valence-corrected chi connectivity index (χ3v) is 81.5. The molecule has 0 bridgehead atoms. The molecule has 0 radical (unpaired) electrons. The van der Waals surface area contributed by atoms with Crippen LogP contribution in [0.1, 0.15) is 0 Å². The van der Waals surface area contributed by atoms with Crippen LogP contribution in [0.2, 0.25) is 0 Å². The number of hydrogen-bond acceptors (Lipinski definition) is 1. The summed E-state index contributed by atoms with van der Waals surface area (Å²) in [5.41, 5.74) is -11.1. The Hall–Kier alpha value is -5.53. The van der Waals surface area contributed by atoms with Gasteiger partial charge in [0.25, 0.3) is 0 Å². The molecule has 0 saturated heterocycles. The van der Waals surface area contributed by atoms with E-state index in [2.05, 4.69) is 277 Å². The Morgan fingerprint density at radius 2 is 0.333 bits per heavy atom. The van der Waals surface area contributed by atoms with Crippen LogP contribution < -0.4 is 47.7 Å². The topological polar surface area (TPSA) is 17.1 Å². The Morgan fingerprint density at radius 1 is 0.217 bits per heavy atom. The van der Waals surface area contributed by atoms with E-state index in [9.17, 15) is 0 Å². The van der Waals surface area contributed by atoms with Crippen LogP contribution >= 0.6 is 16.8 Å². The van der Waals surface area contributed by atoms with Gasteiger partial charge in [0.1, 0.15) is 0 Å². The van der Waals surface area contributed by atoms with Crippen molar-refractivity contribution in [3.05, 3.63) is 273 Å². The summed E-state index contributed by atoms with van der Waals surface area (Å²) >= 11 is -4.60. The Balaban J connectivity index is 1.76. The molecule has 9 aromatic carbocycles. The summed E-state index contributed by atoms with van der Waals surface area (Å²) in [6.07, 6.45) is 0. The van der Waals surface area contributed by atoms with Gasteiger partial charge >= 0.3 is 360 Å². The molecule has 1 nitrogen and oxygen atoms in total. The van der Waals surface area contributed by atoms with Crippen molar-refractivity contribution in [2.24, 2.45) is 0 Å². The van der Waals surface area contributed by atoms with E-state index in [1.54, 1.807) is 0 Å². The molecule has 298 valence electrons. The van der Waals surface area contributed by atoms with Crippen molar-refractivity contribution in [2.45, 2.75) is 0 Å². The molecule has 0 aliphatic heterocycles. The third kappa shape index (κ3) is 6.14. The molecular formula is C55H48OP3Rh. The van der Waals surface area contributed by atoms with Crippen LogP contribution in [0.4, 0.5) is 0 Å². The standard InChI is InChI=1S/3C18H15P.CO.Rh/c3*1-4-10-16(11-5-1)19(17-12-6-2-7-13-17)18-14-8-3-9-15-18;1-2;/h3*1-15H;;/q;;;;-3/p+3. The maximum atomic E-state index is 17.0. The zero-order valence-electron chi connectivity index (χ0n) is 33.2. The molecule has 0 spiro atoms. The van der Waals surface area contributed by atoms with Gasteiger partial charge in [-0.2, -0.15) is 0 Å². The molecule has 0 N–H and O–H groups in total. The number of rotatable bonds is 12. The van der Waals surface area contributed by atoms with Gasteiger partial charge in [-0.3, -0.25) is 0 Å². The average Bonchev–Trinajstić information content (AvgIpc) is 3.35. The monoisotopic (exact) mass is 920 g/mol. The molecule has 0 atom stereocenters. The Kier molecular flexibility index (Phi) is 11.7. The Bertz CT molecular complexity index is 2240. The van der Waals surface area contributed by atoms with Crippen LogP contribution in [0.5, 0.6) is 0 Å². The van der Waals surface area contributed by atoms with E-state index in [1.165, 1.54) is 47.7 Å². The summed E-state index contributed by atoms with van der Waals surface area (Å²) in [6.45, 7) is 0. The van der Waals surface area contributed by atoms with E-state index < -0.39 is 29.7 Å². The zero-order chi connectivity index (χ0) is 40.7. The van der Waals surface area contributed by atoms with Gasteiger partial charge in [-0.15, -0.1) is 0 Å². The summed E-state index contributed by atoms with van der Waals surface area (Å²) < 4.78 is 3.62. The van der Waals surface area contributed by atoms with Crippen LogP contribution in [0.25, 0.3) is 0 Å². The first-order valence-corrected chi connectivity index (χ1v) is 34.0. The molecule has 0 aliphatic rings. The quantitative estimate of drug-likeness (QED) is 0.0884. The van der Waals surface area contributed by atoms with Crippen LogP contribution in [0.15, 0.2) is 273 Å². The first-order chi connectivity index (χ1) is 29.8. The molecule has 0 aromatic heterocycles. The van der Waals surface area contributed by atoms with Gasteiger partial charge in [0.05, 0.1) is 0 Å². The second-order valence-electron chi connectivity index (χ2n) is 14.7. The Labute approximate surface area is 357 Å². The van der Waals surface area contributed by atoms with E-state index in [0.29, 0.717) is 0 Å². The maximum absolute atomic E-state index is 17.0. The summed E-state index contributed by atoms with van der Waals surface area (Å²) in [5, 5.41) is 11.2. The van der Waals surface area contributed by atoms with Crippen molar-refractivity contribution < 1.29 is 17.7 Å². The van der Waals surface area contributed by atoms with Crippen molar-refractivity contribution in [3.8, 4) is 0 Å². The third-order valence-electron chi connectivity index (χ3n) is 11.7. The summed E-state index contributed by atoms with van der Waals surface area (Å²) in [6, 6.07) is 101. The molecule has 0 aliphatic carbocycles. The second-order valence-corrected chi connectivity index (χ2v) is 52.3. The van der Waals surface area contributed by atoms with Crippen molar-refractivity contribution >= 4 is 69.0 Å². The first kappa shape index (κ1) is 39.9. The van der Waals surface area contributed by atoms with Crippen molar-refractivity contribution in [1.29, 1.82) is 0 Å². The molecule has 0 saturated carbocycles. The van der Waals surface area contributed by atoms with Gasteiger partial charge in [0, 0.05) is 0 Å². The predicted molar refractivity (Wildman–Crippen MR) is 265 cm³/mol. The molecule has 0 heterocycles. The summed E-state index contributed by atoms with van der Waals surface area (Å²) in [4.78, 5) is 17.0. The van der Waals surface area contributed by atoms with E-state index in [0.717, 1.165) is 0 Å². The zero-order valence-corrected chi connectivity index (χ0v) is 37.9. The fourth-order valence-corrected chi connectivity index (χ4v) is 110. The van der Waals surface area contributed by atoms with Gasteiger partial charge in [-0.1, -0.05) is 0 Å². The predicted octanol–water partition coefficient (Wildman–Crippen LogP) is 9.13. The number of benzene rings is 9. The van der Waals surface area contributed by atoms with E-state index in [4.69, 9.17) is 0 Å². The molecule has 9 aromatic rings. The van der Waals surface area contributed by atoms with Crippen LogP contribution in [0.3, 0.4) is 0 Å². The Morgan fingerprint density at radius 3 is 0.433 bits per heavy atom. The molecule has 5 heteroatoms. The van der Waals surface area contributed by atoms with Crippen molar-refractivity contribution in [3.63, 3.8) is 0 Å². The van der Waals surface area contributed by atoms with Crippen LogP contribution in [0, 0.1) is 0 Å². The van der Waals surface area contributed by atoms with E-state index >= 15 is 4.79 Å². The van der Waals surface area contributed by atoms with Crippen LogP contribution in [-0.4, -0.2) is 4.47 Å². The fraction of sp³-hybridized carbons (Fsp3) is 0. The average molecular weight is 921 g/mol. The van der Waals surface area contributed by atoms with Crippen LogP contribution in [-0.2, 0) is 17.7 Å². The van der Waals surface area contributed by atoms with Gasteiger partial charge in [-0.05, 0) is 0 Å². The summed E-state index contributed by atoms with van der Waals surface area (Å²) in [5.74, 6) is 0. The normalized spacial score (nSPS) is 14.1. The molecule has 0 fully saturated rings. The van der Waals surface area contributed by atoms with E-state index in [1.807, 2.05) is 0 Å². The van der Waals surface area contributed by atoms with Crippen molar-refractivity contribution in [1.82, 2.24) is 0 Å². The van der Waals surface area contributed by atoms with E-state index in [-0.39, 0.29) is 0 Å². The molecule has 9 rings (SSSR count). The summed E-state index contributed by atoms with van der Waals surface area (Å²) in [7, 11) is 0. The van der Waals surface area contributed by atoms with Gasteiger partial charge < -0.3 is 0 Å². The minimum absolute atomic E-state index is 1.24. The van der Waals surface area contributed by atoms with Gasteiger partial charge in [0.15, 0.2) is 0 Å². The second kappa shape index (κ2) is 17.6. The minimum atomic E-state index is -4.60. The van der Waals surface area contributed by atoms with Gasteiger partial charge in [-0.25, -0.2) is 0 Å².